The van der Waals surface area contributed by atoms with Crippen molar-refractivity contribution in [3.8, 4) is 0 Å². The number of aryl methyl sites for hydroxylation is 1. The van der Waals surface area contributed by atoms with Gasteiger partial charge in [-0.3, -0.25) is 0 Å². The van der Waals surface area contributed by atoms with Gasteiger partial charge in [0.15, 0.2) is 0 Å². The molecular formula is C12H21N3. The normalized spacial score (nSPS) is 21.1. The maximum Gasteiger partial charge on any atom is 0.135 e. The third kappa shape index (κ3) is 1.92. The summed E-state index contributed by atoms with van der Waals surface area (Å²) in [5.41, 5.74) is 0. The summed E-state index contributed by atoms with van der Waals surface area (Å²) in [4.78, 5) is 0. The lowest BCUT2D eigenvalue weighted by Gasteiger charge is -2.27. The number of fused-ring (bicyclic) bond motifs is 1. The van der Waals surface area contributed by atoms with Crippen LogP contribution in [0, 0.1) is 11.8 Å². The first-order chi connectivity index (χ1) is 7.09. The third-order valence-electron chi connectivity index (χ3n) is 3.47. The molecule has 84 valence electrons. The van der Waals surface area contributed by atoms with Crippen LogP contribution in [-0.2, 0) is 13.0 Å². The fraction of sp³-hybridized carbons (Fsp3) is 0.833. The molecule has 3 nitrogen and oxygen atoms in total. The van der Waals surface area contributed by atoms with E-state index in [-0.39, 0.29) is 0 Å². The zero-order chi connectivity index (χ0) is 11.0. The van der Waals surface area contributed by atoms with E-state index in [2.05, 4.69) is 42.5 Å². The molecule has 2 heterocycles. The van der Waals surface area contributed by atoms with Crippen LogP contribution in [0.15, 0.2) is 0 Å². The van der Waals surface area contributed by atoms with Gasteiger partial charge in [0.05, 0.1) is 0 Å². The fourth-order valence-electron chi connectivity index (χ4n) is 2.34. The SMILES string of the molecule is CC(C)c1nnc2n1CC(C(C)C)CC2. The first-order valence-electron chi connectivity index (χ1n) is 6.01. The van der Waals surface area contributed by atoms with Gasteiger partial charge in [0.25, 0.3) is 0 Å². The van der Waals surface area contributed by atoms with E-state index >= 15 is 0 Å². The molecular weight excluding hydrogens is 186 g/mol. The average Bonchev–Trinajstić information content (AvgIpc) is 2.59. The summed E-state index contributed by atoms with van der Waals surface area (Å²) in [6.45, 7) is 10.1. The predicted molar refractivity (Wildman–Crippen MR) is 60.8 cm³/mol. The largest absolute Gasteiger partial charge is 0.314 e. The predicted octanol–water partition coefficient (Wildman–Crippen LogP) is 2.62. The highest BCUT2D eigenvalue weighted by atomic mass is 15.3. The molecule has 1 aliphatic rings. The second-order valence-electron chi connectivity index (χ2n) is 5.28. The molecule has 0 bridgehead atoms. The molecule has 3 heteroatoms. The maximum absolute atomic E-state index is 4.30. The van der Waals surface area contributed by atoms with Crippen molar-refractivity contribution in [2.24, 2.45) is 11.8 Å². The van der Waals surface area contributed by atoms with Crippen molar-refractivity contribution in [1.82, 2.24) is 14.8 Å². The van der Waals surface area contributed by atoms with Crippen LogP contribution in [0.4, 0.5) is 0 Å². The second kappa shape index (κ2) is 3.95. The van der Waals surface area contributed by atoms with Crippen LogP contribution in [-0.4, -0.2) is 14.8 Å². The summed E-state index contributed by atoms with van der Waals surface area (Å²) in [5, 5.41) is 8.59. The number of hydrogen-bond acceptors (Lipinski definition) is 2. The lowest BCUT2D eigenvalue weighted by atomic mass is 9.88. The number of rotatable bonds is 2. The average molecular weight is 207 g/mol. The van der Waals surface area contributed by atoms with E-state index in [0.29, 0.717) is 5.92 Å². The molecule has 1 aromatic rings. The van der Waals surface area contributed by atoms with E-state index in [4.69, 9.17) is 0 Å². The minimum Gasteiger partial charge on any atom is -0.314 e. The molecule has 15 heavy (non-hydrogen) atoms. The minimum absolute atomic E-state index is 0.483. The van der Waals surface area contributed by atoms with Crippen LogP contribution in [0.2, 0.25) is 0 Å². The summed E-state index contributed by atoms with van der Waals surface area (Å²) in [6, 6.07) is 0. The van der Waals surface area contributed by atoms with Gasteiger partial charge in [-0.1, -0.05) is 27.7 Å². The topological polar surface area (TPSA) is 30.7 Å². The fourth-order valence-corrected chi connectivity index (χ4v) is 2.34. The summed E-state index contributed by atoms with van der Waals surface area (Å²) in [5.74, 6) is 4.40. The number of nitrogens with zero attached hydrogens (tertiary/aromatic N) is 3. The monoisotopic (exact) mass is 207 g/mol. The first kappa shape index (κ1) is 10.7. The van der Waals surface area contributed by atoms with Gasteiger partial charge in [-0.2, -0.15) is 0 Å². The van der Waals surface area contributed by atoms with Gasteiger partial charge in [-0.15, -0.1) is 10.2 Å². The maximum atomic E-state index is 4.30. The molecule has 0 aromatic carbocycles. The molecule has 2 rings (SSSR count). The van der Waals surface area contributed by atoms with Crippen molar-refractivity contribution in [2.75, 3.05) is 0 Å². The standard InChI is InChI=1S/C12H21N3/c1-8(2)10-5-6-11-13-14-12(9(3)4)15(11)7-10/h8-10H,5-7H2,1-4H3. The van der Waals surface area contributed by atoms with E-state index in [1.54, 1.807) is 0 Å². The summed E-state index contributed by atoms with van der Waals surface area (Å²) >= 11 is 0. The molecule has 0 N–H and O–H groups in total. The van der Waals surface area contributed by atoms with Crippen LogP contribution in [0.25, 0.3) is 0 Å². The molecule has 0 aliphatic carbocycles. The Labute approximate surface area is 91.9 Å². The van der Waals surface area contributed by atoms with E-state index in [1.165, 1.54) is 12.2 Å². The first-order valence-corrected chi connectivity index (χ1v) is 6.01. The Kier molecular flexibility index (Phi) is 2.81. The molecule has 1 unspecified atom stereocenters. The highest BCUT2D eigenvalue weighted by Crippen LogP contribution is 2.27. The van der Waals surface area contributed by atoms with Gasteiger partial charge in [0.1, 0.15) is 11.6 Å². The zero-order valence-electron chi connectivity index (χ0n) is 10.2. The Morgan fingerprint density at radius 1 is 1.20 bits per heavy atom. The quantitative estimate of drug-likeness (QED) is 0.746. The van der Waals surface area contributed by atoms with Gasteiger partial charge in [-0.05, 0) is 18.3 Å². The van der Waals surface area contributed by atoms with Crippen LogP contribution in [0.5, 0.6) is 0 Å². The Balaban J connectivity index is 2.26. The van der Waals surface area contributed by atoms with Crippen molar-refractivity contribution < 1.29 is 0 Å². The third-order valence-corrected chi connectivity index (χ3v) is 3.47. The summed E-state index contributed by atoms with van der Waals surface area (Å²) in [7, 11) is 0. The molecule has 0 radical (unpaired) electrons. The molecule has 0 fully saturated rings. The van der Waals surface area contributed by atoms with Crippen LogP contribution in [0.3, 0.4) is 0 Å². The van der Waals surface area contributed by atoms with Crippen molar-refractivity contribution >= 4 is 0 Å². The highest BCUT2D eigenvalue weighted by Gasteiger charge is 2.25. The lowest BCUT2D eigenvalue weighted by molar-refractivity contribution is 0.277. The summed E-state index contributed by atoms with van der Waals surface area (Å²) < 4.78 is 2.35. The van der Waals surface area contributed by atoms with Crippen molar-refractivity contribution in [2.45, 2.75) is 53.0 Å². The van der Waals surface area contributed by atoms with E-state index in [1.807, 2.05) is 0 Å². The highest BCUT2D eigenvalue weighted by molar-refractivity contribution is 5.03. The summed E-state index contributed by atoms with van der Waals surface area (Å²) in [6.07, 6.45) is 2.37. The van der Waals surface area contributed by atoms with Crippen LogP contribution < -0.4 is 0 Å². The Bertz CT molecular complexity index is 339. The zero-order valence-corrected chi connectivity index (χ0v) is 10.2. The van der Waals surface area contributed by atoms with E-state index in [0.717, 1.165) is 30.6 Å². The smallest absolute Gasteiger partial charge is 0.135 e. The van der Waals surface area contributed by atoms with Gasteiger partial charge in [0.2, 0.25) is 0 Å². The molecule has 1 aromatic heterocycles. The number of hydrogen-bond donors (Lipinski definition) is 0. The van der Waals surface area contributed by atoms with Gasteiger partial charge < -0.3 is 4.57 Å². The molecule has 1 aliphatic heterocycles. The van der Waals surface area contributed by atoms with E-state index < -0.39 is 0 Å². The molecule has 1 atom stereocenters. The van der Waals surface area contributed by atoms with Gasteiger partial charge in [-0.25, -0.2) is 0 Å². The van der Waals surface area contributed by atoms with Gasteiger partial charge in [0, 0.05) is 18.9 Å². The van der Waals surface area contributed by atoms with Crippen LogP contribution in [0.1, 0.15) is 51.7 Å². The molecule has 0 saturated carbocycles. The number of aromatic nitrogens is 3. The van der Waals surface area contributed by atoms with Crippen molar-refractivity contribution in [3.63, 3.8) is 0 Å². The van der Waals surface area contributed by atoms with Crippen LogP contribution >= 0.6 is 0 Å². The van der Waals surface area contributed by atoms with E-state index in [9.17, 15) is 0 Å². The molecule has 0 saturated heterocycles. The lowest BCUT2D eigenvalue weighted by Crippen LogP contribution is -2.25. The Hall–Kier alpha value is -0.860. The second-order valence-corrected chi connectivity index (χ2v) is 5.28. The van der Waals surface area contributed by atoms with Crippen molar-refractivity contribution in [3.05, 3.63) is 11.6 Å². The molecule has 0 amide bonds. The Morgan fingerprint density at radius 3 is 2.53 bits per heavy atom. The van der Waals surface area contributed by atoms with Crippen molar-refractivity contribution in [1.29, 1.82) is 0 Å². The minimum atomic E-state index is 0.483. The van der Waals surface area contributed by atoms with Gasteiger partial charge >= 0.3 is 0 Å². The molecule has 0 spiro atoms. The Morgan fingerprint density at radius 2 is 1.93 bits per heavy atom.